The quantitative estimate of drug-likeness (QED) is 0.901. The summed E-state index contributed by atoms with van der Waals surface area (Å²) in [5.74, 6) is 0.581. The van der Waals surface area contributed by atoms with Crippen LogP contribution in [0.25, 0.3) is 0 Å². The van der Waals surface area contributed by atoms with Crippen molar-refractivity contribution < 1.29 is 0 Å². The number of benzene rings is 1. The summed E-state index contributed by atoms with van der Waals surface area (Å²) in [6.45, 7) is 7.17. The summed E-state index contributed by atoms with van der Waals surface area (Å²) in [5, 5.41) is 12.9. The van der Waals surface area contributed by atoms with Gasteiger partial charge in [-0.2, -0.15) is 5.26 Å². The van der Waals surface area contributed by atoms with Crippen molar-refractivity contribution in [2.24, 2.45) is 5.92 Å². The molecule has 1 aliphatic heterocycles. The second kappa shape index (κ2) is 6.08. The fourth-order valence-corrected chi connectivity index (χ4v) is 2.51. The van der Waals surface area contributed by atoms with Crippen molar-refractivity contribution in [3.05, 3.63) is 30.3 Å². The summed E-state index contributed by atoms with van der Waals surface area (Å²) in [7, 11) is 0. The number of hydrogen-bond donors (Lipinski definition) is 1. The molecule has 1 fully saturated rings. The molecule has 0 atom stereocenters. The van der Waals surface area contributed by atoms with E-state index in [9.17, 15) is 5.26 Å². The van der Waals surface area contributed by atoms with E-state index in [1.54, 1.807) is 0 Å². The highest BCUT2D eigenvalue weighted by Crippen LogP contribution is 2.26. The molecular weight excluding hydrogens is 234 g/mol. The maximum absolute atomic E-state index is 9.48. The number of nitrogens with zero attached hydrogens (tertiary/aromatic N) is 2. The van der Waals surface area contributed by atoms with Crippen LogP contribution in [-0.4, -0.2) is 25.2 Å². The van der Waals surface area contributed by atoms with Crippen LogP contribution >= 0.6 is 0 Å². The summed E-state index contributed by atoms with van der Waals surface area (Å²) >= 11 is 0. The molecule has 0 saturated carbocycles. The first-order chi connectivity index (χ1) is 9.15. The van der Waals surface area contributed by atoms with Gasteiger partial charge in [0, 0.05) is 18.8 Å². The molecule has 1 heterocycles. The molecule has 0 bridgehead atoms. The van der Waals surface area contributed by atoms with Crippen molar-refractivity contribution in [1.82, 2.24) is 5.32 Å². The zero-order valence-corrected chi connectivity index (χ0v) is 11.9. The number of rotatable bonds is 4. The monoisotopic (exact) mass is 257 g/mol. The lowest BCUT2D eigenvalue weighted by atomic mass is 9.88. The fraction of sp³-hybridized carbons (Fsp3) is 0.562. The summed E-state index contributed by atoms with van der Waals surface area (Å²) < 4.78 is 0. The maximum Gasteiger partial charge on any atom is 0.110 e. The molecule has 102 valence electrons. The Morgan fingerprint density at radius 2 is 1.89 bits per heavy atom. The topological polar surface area (TPSA) is 39.1 Å². The van der Waals surface area contributed by atoms with Gasteiger partial charge >= 0.3 is 0 Å². The lowest BCUT2D eigenvalue weighted by molar-refractivity contribution is 0.317. The number of anilines is 1. The molecule has 19 heavy (non-hydrogen) atoms. The van der Waals surface area contributed by atoms with Crippen molar-refractivity contribution in [1.29, 1.82) is 5.26 Å². The van der Waals surface area contributed by atoms with Crippen molar-refractivity contribution in [2.75, 3.05) is 24.5 Å². The van der Waals surface area contributed by atoms with Gasteiger partial charge in [0.15, 0.2) is 0 Å². The number of piperidine rings is 1. The van der Waals surface area contributed by atoms with Gasteiger partial charge in [0.25, 0.3) is 0 Å². The van der Waals surface area contributed by atoms with Gasteiger partial charge in [-0.05, 0) is 37.4 Å². The van der Waals surface area contributed by atoms with Crippen molar-refractivity contribution in [3.63, 3.8) is 0 Å². The Hall–Kier alpha value is -1.53. The summed E-state index contributed by atoms with van der Waals surface area (Å²) in [4.78, 5) is 2.37. The first-order valence-electron chi connectivity index (χ1n) is 7.11. The van der Waals surface area contributed by atoms with Gasteiger partial charge in [-0.3, -0.25) is 5.32 Å². The molecular formula is C16H23N3. The zero-order chi connectivity index (χ0) is 13.7. The SMILES string of the molecule is CC(C)CNC1(C#N)CCN(c2ccccc2)CC1. The highest BCUT2D eigenvalue weighted by Gasteiger charge is 2.34. The maximum atomic E-state index is 9.48. The minimum Gasteiger partial charge on any atom is -0.371 e. The Labute approximate surface area is 116 Å². The van der Waals surface area contributed by atoms with Crippen LogP contribution in [0.5, 0.6) is 0 Å². The highest BCUT2D eigenvalue weighted by atomic mass is 15.2. The van der Waals surface area contributed by atoms with Gasteiger partial charge in [0.05, 0.1) is 6.07 Å². The van der Waals surface area contributed by atoms with Crippen LogP contribution in [0.15, 0.2) is 30.3 Å². The van der Waals surface area contributed by atoms with E-state index in [4.69, 9.17) is 0 Å². The van der Waals surface area contributed by atoms with E-state index < -0.39 is 0 Å². The Morgan fingerprint density at radius 3 is 2.42 bits per heavy atom. The molecule has 1 aliphatic rings. The molecule has 1 saturated heterocycles. The molecule has 1 aromatic carbocycles. The molecule has 1 N–H and O–H groups in total. The summed E-state index contributed by atoms with van der Waals surface area (Å²) in [6.07, 6.45) is 1.79. The first kappa shape index (κ1) is 13.9. The molecule has 0 aliphatic carbocycles. The van der Waals surface area contributed by atoms with Crippen molar-refractivity contribution in [2.45, 2.75) is 32.2 Å². The van der Waals surface area contributed by atoms with Crippen LogP contribution in [0.3, 0.4) is 0 Å². The number of para-hydroxylation sites is 1. The summed E-state index contributed by atoms with van der Waals surface area (Å²) in [5.41, 5.74) is 0.938. The smallest absolute Gasteiger partial charge is 0.110 e. The lowest BCUT2D eigenvalue weighted by Gasteiger charge is -2.39. The average Bonchev–Trinajstić information content (AvgIpc) is 2.47. The molecule has 0 amide bonds. The highest BCUT2D eigenvalue weighted by molar-refractivity contribution is 5.46. The molecule has 2 rings (SSSR count). The van der Waals surface area contributed by atoms with Crippen LogP contribution in [0, 0.1) is 17.2 Å². The molecule has 0 aromatic heterocycles. The van der Waals surface area contributed by atoms with Gasteiger partial charge < -0.3 is 4.90 Å². The van der Waals surface area contributed by atoms with E-state index in [2.05, 4.69) is 54.4 Å². The number of hydrogen-bond acceptors (Lipinski definition) is 3. The van der Waals surface area contributed by atoms with Crippen LogP contribution < -0.4 is 10.2 Å². The largest absolute Gasteiger partial charge is 0.371 e. The normalized spacial score (nSPS) is 18.3. The zero-order valence-electron chi connectivity index (χ0n) is 11.9. The Morgan fingerprint density at radius 1 is 1.26 bits per heavy atom. The van der Waals surface area contributed by atoms with Crippen molar-refractivity contribution in [3.8, 4) is 6.07 Å². The van der Waals surface area contributed by atoms with E-state index in [1.807, 2.05) is 6.07 Å². The second-order valence-corrected chi connectivity index (χ2v) is 5.79. The molecule has 0 radical (unpaired) electrons. The minimum atomic E-state index is -0.324. The van der Waals surface area contributed by atoms with Gasteiger partial charge in [0.1, 0.15) is 5.54 Å². The van der Waals surface area contributed by atoms with E-state index in [1.165, 1.54) is 5.69 Å². The van der Waals surface area contributed by atoms with Gasteiger partial charge in [0.2, 0.25) is 0 Å². The Kier molecular flexibility index (Phi) is 4.44. The van der Waals surface area contributed by atoms with Crippen LogP contribution in [0.2, 0.25) is 0 Å². The van der Waals surface area contributed by atoms with Gasteiger partial charge in [-0.15, -0.1) is 0 Å². The molecule has 0 spiro atoms. The Bertz CT molecular complexity index is 425. The molecule has 1 aromatic rings. The molecule has 0 unspecified atom stereocenters. The third-order valence-corrected chi connectivity index (χ3v) is 3.80. The van der Waals surface area contributed by atoms with E-state index in [-0.39, 0.29) is 5.54 Å². The molecule has 3 heteroatoms. The fourth-order valence-electron chi connectivity index (χ4n) is 2.51. The third kappa shape index (κ3) is 3.48. The Balaban J connectivity index is 1.95. The van der Waals surface area contributed by atoms with Crippen LogP contribution in [-0.2, 0) is 0 Å². The van der Waals surface area contributed by atoms with Gasteiger partial charge in [-0.25, -0.2) is 0 Å². The van der Waals surface area contributed by atoms with Gasteiger partial charge in [-0.1, -0.05) is 32.0 Å². The minimum absolute atomic E-state index is 0.324. The van der Waals surface area contributed by atoms with E-state index in [0.717, 1.165) is 32.5 Å². The first-order valence-corrected chi connectivity index (χ1v) is 7.11. The third-order valence-electron chi connectivity index (χ3n) is 3.80. The standard InChI is InChI=1S/C16H23N3/c1-14(2)12-18-16(13-17)8-10-19(11-9-16)15-6-4-3-5-7-15/h3-7,14,18H,8-12H2,1-2H3. The number of nitrogens with one attached hydrogen (secondary N) is 1. The predicted molar refractivity (Wildman–Crippen MR) is 79.1 cm³/mol. The second-order valence-electron chi connectivity index (χ2n) is 5.79. The van der Waals surface area contributed by atoms with Crippen LogP contribution in [0.4, 0.5) is 5.69 Å². The number of nitriles is 1. The van der Waals surface area contributed by atoms with E-state index in [0.29, 0.717) is 5.92 Å². The van der Waals surface area contributed by atoms with Crippen molar-refractivity contribution >= 4 is 5.69 Å². The predicted octanol–water partition coefficient (Wildman–Crippen LogP) is 2.79. The van der Waals surface area contributed by atoms with Crippen LogP contribution in [0.1, 0.15) is 26.7 Å². The molecule has 3 nitrogen and oxygen atoms in total. The van der Waals surface area contributed by atoms with E-state index >= 15 is 0 Å². The average molecular weight is 257 g/mol. The lowest BCUT2D eigenvalue weighted by Crippen LogP contribution is -2.53. The summed E-state index contributed by atoms with van der Waals surface area (Å²) in [6, 6.07) is 13.0.